The van der Waals surface area contributed by atoms with Crippen LogP contribution in [-0.4, -0.2) is 0 Å². The van der Waals surface area contributed by atoms with Crippen LogP contribution in [0.4, 0.5) is 17.1 Å². The van der Waals surface area contributed by atoms with Crippen molar-refractivity contribution in [1.82, 2.24) is 0 Å². The number of rotatable bonds is 8. The predicted octanol–water partition coefficient (Wildman–Crippen LogP) is 19.0. The van der Waals surface area contributed by atoms with Crippen molar-refractivity contribution in [2.24, 2.45) is 5.92 Å². The van der Waals surface area contributed by atoms with Gasteiger partial charge in [0.15, 0.2) is 0 Å². The van der Waals surface area contributed by atoms with Crippen molar-refractivity contribution in [3.63, 3.8) is 0 Å². The average molecular weight is 880 g/mol. The number of hydrogen-bond donors (Lipinski definition) is 0. The van der Waals surface area contributed by atoms with Crippen LogP contribution in [0, 0.1) is 5.92 Å². The Morgan fingerprint density at radius 1 is 0.420 bits per heavy atom. The Morgan fingerprint density at radius 2 is 1.00 bits per heavy atom. The van der Waals surface area contributed by atoms with Crippen molar-refractivity contribution in [2.75, 3.05) is 4.90 Å². The van der Waals surface area contributed by atoms with Gasteiger partial charge in [-0.15, -0.1) is 0 Å². The largest absolute Gasteiger partial charge is 0.310 e. The minimum absolute atomic E-state index is 0.440. The zero-order chi connectivity index (χ0) is 45.7. The van der Waals surface area contributed by atoms with E-state index in [-0.39, 0.29) is 0 Å². The average Bonchev–Trinajstić information content (AvgIpc) is 3.42. The second-order valence-corrected chi connectivity index (χ2v) is 18.6. The zero-order valence-corrected chi connectivity index (χ0v) is 38.4. The van der Waals surface area contributed by atoms with Gasteiger partial charge >= 0.3 is 0 Å². The number of benzene rings is 11. The molecule has 0 bridgehead atoms. The summed E-state index contributed by atoms with van der Waals surface area (Å²) in [5.41, 5.74) is 14.9. The highest BCUT2D eigenvalue weighted by molar-refractivity contribution is 6.23. The SMILES string of the molecule is C1=CCC(/C=C/c2ccc(-c3c4c(c(N(c5ccccc5)c5ccc6c(-c7ccc8ccccc8c7)c7ccccc7c(-c7ccc8ccccc8c7)c6c5)c5ccccc35)CCC=C4)cc2)C=C1. The lowest BCUT2D eigenvalue weighted by atomic mass is 9.83. The summed E-state index contributed by atoms with van der Waals surface area (Å²) >= 11 is 0. The first kappa shape index (κ1) is 40.7. The molecular weight excluding hydrogens is 831 g/mol. The van der Waals surface area contributed by atoms with Crippen molar-refractivity contribution in [1.29, 1.82) is 0 Å². The van der Waals surface area contributed by atoms with Gasteiger partial charge in [-0.3, -0.25) is 0 Å². The molecule has 0 aromatic heterocycles. The molecule has 1 heteroatoms. The molecule has 0 amide bonds. The Balaban J connectivity index is 1.06. The predicted molar refractivity (Wildman–Crippen MR) is 298 cm³/mol. The molecule has 0 heterocycles. The smallest absolute Gasteiger partial charge is 0.0578 e. The van der Waals surface area contributed by atoms with E-state index in [2.05, 4.69) is 260 Å². The molecule has 0 saturated carbocycles. The summed E-state index contributed by atoms with van der Waals surface area (Å²) in [4.78, 5) is 2.56. The molecule has 11 aromatic rings. The van der Waals surface area contributed by atoms with Crippen LogP contribution in [0.15, 0.2) is 243 Å². The fourth-order valence-electron chi connectivity index (χ4n) is 11.3. The number of hydrogen-bond acceptors (Lipinski definition) is 1. The third-order valence-corrected chi connectivity index (χ3v) is 14.5. The van der Waals surface area contributed by atoms with Crippen molar-refractivity contribution >= 4 is 83.1 Å². The maximum Gasteiger partial charge on any atom is 0.0578 e. The molecule has 0 spiro atoms. The molecule has 0 saturated heterocycles. The number of allylic oxidation sites excluding steroid dienone is 6. The fraction of sp³-hybridized carbons (Fsp3) is 0.0588. The molecule has 0 fully saturated rings. The van der Waals surface area contributed by atoms with E-state index in [1.807, 2.05) is 0 Å². The Kier molecular flexibility index (Phi) is 10.2. The van der Waals surface area contributed by atoms with E-state index in [4.69, 9.17) is 0 Å². The highest BCUT2D eigenvalue weighted by Crippen LogP contribution is 2.51. The summed E-state index contributed by atoms with van der Waals surface area (Å²) in [5, 5.41) is 12.4. The monoisotopic (exact) mass is 879 g/mol. The minimum atomic E-state index is 0.440. The molecule has 2 aliphatic rings. The highest BCUT2D eigenvalue weighted by atomic mass is 15.1. The number of para-hydroxylation sites is 1. The van der Waals surface area contributed by atoms with Crippen LogP contribution >= 0.6 is 0 Å². The van der Waals surface area contributed by atoms with E-state index < -0.39 is 0 Å². The van der Waals surface area contributed by atoms with Crippen molar-refractivity contribution < 1.29 is 0 Å². The lowest BCUT2D eigenvalue weighted by Crippen LogP contribution is -2.15. The molecule has 1 unspecified atom stereocenters. The van der Waals surface area contributed by atoms with E-state index in [1.165, 1.54) is 110 Å². The molecule has 0 aliphatic heterocycles. The summed E-state index contributed by atoms with van der Waals surface area (Å²) in [6.45, 7) is 0. The molecule has 2 aliphatic carbocycles. The van der Waals surface area contributed by atoms with E-state index in [0.717, 1.165) is 30.6 Å². The van der Waals surface area contributed by atoms with Gasteiger partial charge in [-0.05, 0) is 160 Å². The van der Waals surface area contributed by atoms with Gasteiger partial charge in [-0.25, -0.2) is 0 Å². The molecule has 13 rings (SSSR count). The number of fused-ring (bicyclic) bond motifs is 6. The Hall–Kier alpha value is -8.52. The van der Waals surface area contributed by atoms with Crippen LogP contribution in [0.5, 0.6) is 0 Å². The highest BCUT2D eigenvalue weighted by Gasteiger charge is 2.27. The molecule has 69 heavy (non-hydrogen) atoms. The van der Waals surface area contributed by atoms with Gasteiger partial charge < -0.3 is 4.90 Å². The lowest BCUT2D eigenvalue weighted by molar-refractivity contribution is 0.826. The third kappa shape index (κ3) is 7.26. The minimum Gasteiger partial charge on any atom is -0.310 e. The van der Waals surface area contributed by atoms with E-state index in [0.29, 0.717) is 5.92 Å². The third-order valence-electron chi connectivity index (χ3n) is 14.5. The molecule has 326 valence electrons. The molecule has 1 nitrogen and oxygen atoms in total. The summed E-state index contributed by atoms with van der Waals surface area (Å²) in [5.74, 6) is 0.440. The first-order valence-corrected chi connectivity index (χ1v) is 24.4. The normalized spacial score (nSPS) is 14.4. The van der Waals surface area contributed by atoms with E-state index >= 15 is 0 Å². The van der Waals surface area contributed by atoms with Gasteiger partial charge in [0, 0.05) is 16.8 Å². The van der Waals surface area contributed by atoms with E-state index in [1.54, 1.807) is 0 Å². The molecule has 11 aromatic carbocycles. The first-order chi connectivity index (χ1) is 34.2. The maximum atomic E-state index is 2.56. The summed E-state index contributed by atoms with van der Waals surface area (Å²) < 4.78 is 0. The van der Waals surface area contributed by atoms with E-state index in [9.17, 15) is 0 Å². The summed E-state index contributed by atoms with van der Waals surface area (Å²) in [6, 6.07) is 77.0. The Morgan fingerprint density at radius 3 is 1.67 bits per heavy atom. The fourth-order valence-corrected chi connectivity index (χ4v) is 11.3. The second-order valence-electron chi connectivity index (χ2n) is 18.6. The van der Waals surface area contributed by atoms with Crippen molar-refractivity contribution in [2.45, 2.75) is 19.3 Å². The van der Waals surface area contributed by atoms with Crippen LogP contribution < -0.4 is 4.90 Å². The number of anilines is 3. The van der Waals surface area contributed by atoms with Crippen LogP contribution in [0.1, 0.15) is 29.5 Å². The molecule has 1 atom stereocenters. The molecule has 0 radical (unpaired) electrons. The standard InChI is InChI=1S/C68H49N/c1-3-17-46(18-4-1)31-32-47-33-35-50(36-34-47)65-59-27-13-15-29-62(59)68(63-30-16-14-28-60(63)65)69(55-23-5-2-6-24-55)56-41-42-61-64(45-56)67(54-40-38-49-20-8-10-22-52(49)44-54)58-26-12-11-25-57(58)66(61)53-39-37-48-19-7-9-21-51(48)43-53/h1-15,17,19-29,31-46H,16,18,30H2/b32-31+. The zero-order valence-electron chi connectivity index (χ0n) is 38.4. The van der Waals surface area contributed by atoms with Gasteiger partial charge in [0.25, 0.3) is 0 Å². The Bertz CT molecular complexity index is 3920. The Labute approximate surface area is 403 Å². The van der Waals surface area contributed by atoms with Gasteiger partial charge in [0.05, 0.1) is 5.69 Å². The van der Waals surface area contributed by atoms with Crippen LogP contribution in [-0.2, 0) is 6.42 Å². The summed E-state index contributed by atoms with van der Waals surface area (Å²) in [7, 11) is 0. The van der Waals surface area contributed by atoms with Crippen molar-refractivity contribution in [3.05, 3.63) is 259 Å². The summed E-state index contributed by atoms with van der Waals surface area (Å²) in [6.07, 6.45) is 21.2. The van der Waals surface area contributed by atoms with Gasteiger partial charge in [0.2, 0.25) is 0 Å². The quantitative estimate of drug-likeness (QED) is 0.137. The van der Waals surface area contributed by atoms with Gasteiger partial charge in [-0.2, -0.15) is 0 Å². The lowest BCUT2D eigenvalue weighted by Gasteiger charge is -2.33. The van der Waals surface area contributed by atoms with Crippen molar-refractivity contribution in [3.8, 4) is 33.4 Å². The first-order valence-electron chi connectivity index (χ1n) is 24.4. The number of nitrogens with zero attached hydrogens (tertiary/aromatic N) is 1. The van der Waals surface area contributed by atoms with Gasteiger partial charge in [-0.1, -0.05) is 218 Å². The topological polar surface area (TPSA) is 3.24 Å². The second kappa shape index (κ2) is 17.3. The maximum absolute atomic E-state index is 2.56. The molecule has 0 N–H and O–H groups in total. The van der Waals surface area contributed by atoms with Crippen LogP contribution in [0.25, 0.3) is 99.4 Å². The van der Waals surface area contributed by atoms with Gasteiger partial charge in [0.1, 0.15) is 0 Å². The molecular formula is C68H49N. The van der Waals surface area contributed by atoms with Crippen LogP contribution in [0.2, 0.25) is 0 Å². The van der Waals surface area contributed by atoms with Crippen LogP contribution in [0.3, 0.4) is 0 Å².